The molecule has 2 atom stereocenters. The van der Waals surface area contributed by atoms with Crippen LogP contribution in [-0.4, -0.2) is 75.8 Å². The normalized spacial score (nSPS) is 21.1. The molecule has 2 aliphatic heterocycles. The van der Waals surface area contributed by atoms with E-state index < -0.39 is 24.0 Å². The van der Waals surface area contributed by atoms with Gasteiger partial charge in [0.05, 0.1) is 41.9 Å². The Hall–Kier alpha value is -4.64. The number of carbonyl (C=O) groups excluding carboxylic acids is 1. The molecule has 1 saturated heterocycles. The van der Waals surface area contributed by atoms with E-state index in [9.17, 15) is 23.2 Å². The Morgan fingerprint density at radius 1 is 1.26 bits per heavy atom. The molecule has 4 heterocycles. The topological polar surface area (TPSA) is 131 Å². The van der Waals surface area contributed by atoms with E-state index in [1.165, 1.54) is 4.90 Å². The smallest absolute Gasteiger partial charge is 0.265 e. The van der Waals surface area contributed by atoms with Crippen molar-refractivity contribution < 1.29 is 27.1 Å². The predicted molar refractivity (Wildman–Crippen MR) is 166 cm³/mol. The van der Waals surface area contributed by atoms with Crippen LogP contribution in [0.5, 0.6) is 5.75 Å². The van der Waals surface area contributed by atoms with Crippen LogP contribution in [0.25, 0.3) is 11.1 Å². The molecule has 1 aliphatic carbocycles. The highest BCUT2D eigenvalue weighted by Gasteiger charge is 2.49. The van der Waals surface area contributed by atoms with E-state index in [0.29, 0.717) is 47.6 Å². The van der Waals surface area contributed by atoms with E-state index in [0.717, 1.165) is 18.6 Å². The summed E-state index contributed by atoms with van der Waals surface area (Å²) in [4.78, 5) is 28.7. The molecule has 14 heteroatoms. The largest absolute Gasteiger partial charge is 0.482 e. The maximum atomic E-state index is 15.5. The molecule has 47 heavy (non-hydrogen) atoms. The van der Waals surface area contributed by atoms with Crippen molar-refractivity contribution in [2.24, 2.45) is 5.92 Å². The molecule has 3 aromatic rings. The number of hydrogen-bond acceptors (Lipinski definition) is 9. The number of ether oxygens (including phenoxy) is 1. The van der Waals surface area contributed by atoms with Gasteiger partial charge >= 0.3 is 0 Å². The molecule has 246 valence electrons. The number of nitrogens with zero attached hydrogens (tertiary/aromatic N) is 6. The number of benzene rings is 1. The highest BCUT2D eigenvalue weighted by Crippen LogP contribution is 2.43. The second-order valence-electron chi connectivity index (χ2n) is 12.7. The fourth-order valence-corrected chi connectivity index (χ4v) is 6.44. The number of aromatic nitrogens is 3. The van der Waals surface area contributed by atoms with Gasteiger partial charge in [0.25, 0.3) is 11.8 Å². The van der Waals surface area contributed by atoms with Gasteiger partial charge < -0.3 is 15.5 Å². The van der Waals surface area contributed by atoms with E-state index in [1.807, 2.05) is 13.8 Å². The summed E-state index contributed by atoms with van der Waals surface area (Å²) in [5.74, 6) is -2.67. The highest BCUT2D eigenvalue weighted by molar-refractivity contribution is 6.00. The van der Waals surface area contributed by atoms with Crippen molar-refractivity contribution in [3.05, 3.63) is 59.1 Å². The lowest BCUT2D eigenvalue weighted by Gasteiger charge is -2.46. The van der Waals surface area contributed by atoms with Gasteiger partial charge in [-0.1, -0.05) is 19.9 Å². The van der Waals surface area contributed by atoms with Crippen molar-refractivity contribution in [3.8, 4) is 22.9 Å². The van der Waals surface area contributed by atoms with Crippen molar-refractivity contribution >= 4 is 23.6 Å². The Balaban J connectivity index is 1.34. The van der Waals surface area contributed by atoms with Crippen molar-refractivity contribution in [1.29, 1.82) is 10.7 Å². The SMILES string of the molecule is CC(C)Cc1nc(N[C@@H]2CCN(C3CC(F)(F)C3)C[C@H]2F)c(C=N)c(-c2ccc3c(c2)OCC(=O)N3Cc2ncc(F)cn2)c1C#N. The first kappa shape index (κ1) is 32.3. The molecule has 2 fully saturated rings. The summed E-state index contributed by atoms with van der Waals surface area (Å²) in [6, 6.07) is 6.30. The number of anilines is 2. The number of piperidine rings is 1. The van der Waals surface area contributed by atoms with Crippen molar-refractivity contribution in [1.82, 2.24) is 19.9 Å². The van der Waals surface area contributed by atoms with Gasteiger partial charge in [-0.2, -0.15) is 5.26 Å². The number of alkyl halides is 3. The average Bonchev–Trinajstić information content (AvgIpc) is 3.02. The van der Waals surface area contributed by atoms with E-state index in [4.69, 9.17) is 15.1 Å². The number of amides is 1. The molecule has 3 aliphatic rings. The molecule has 0 radical (unpaired) electrons. The lowest BCUT2D eigenvalue weighted by Crippen LogP contribution is -2.57. The Kier molecular flexibility index (Phi) is 8.84. The molecule has 2 N–H and O–H groups in total. The van der Waals surface area contributed by atoms with Crippen molar-refractivity contribution in [3.63, 3.8) is 0 Å². The third-order valence-corrected chi connectivity index (χ3v) is 8.81. The minimum absolute atomic E-state index is 0.0146. The van der Waals surface area contributed by atoms with Gasteiger partial charge in [0, 0.05) is 49.3 Å². The number of nitrogens with one attached hydrogen (secondary N) is 2. The van der Waals surface area contributed by atoms with Gasteiger partial charge in [-0.25, -0.2) is 32.5 Å². The van der Waals surface area contributed by atoms with Crippen LogP contribution in [0.3, 0.4) is 0 Å². The third kappa shape index (κ3) is 6.62. The number of pyridine rings is 1. The van der Waals surface area contributed by atoms with Crippen LogP contribution in [0.4, 0.5) is 29.1 Å². The molecule has 0 bridgehead atoms. The number of halogens is 4. The maximum Gasteiger partial charge on any atom is 0.265 e. The highest BCUT2D eigenvalue weighted by atomic mass is 19.3. The summed E-state index contributed by atoms with van der Waals surface area (Å²) in [6.45, 7) is 4.15. The zero-order valence-corrected chi connectivity index (χ0v) is 25.9. The number of rotatable bonds is 9. The van der Waals surface area contributed by atoms with Gasteiger partial charge in [-0.3, -0.25) is 14.6 Å². The first-order valence-electron chi connectivity index (χ1n) is 15.5. The van der Waals surface area contributed by atoms with Gasteiger partial charge in [-0.05, 0) is 36.5 Å². The maximum absolute atomic E-state index is 15.5. The summed E-state index contributed by atoms with van der Waals surface area (Å²) in [7, 11) is 0. The van der Waals surface area contributed by atoms with Crippen LogP contribution in [0.2, 0.25) is 0 Å². The zero-order chi connectivity index (χ0) is 33.5. The lowest BCUT2D eigenvalue weighted by atomic mass is 9.85. The second kappa shape index (κ2) is 12.9. The lowest BCUT2D eigenvalue weighted by molar-refractivity contribution is -0.131. The van der Waals surface area contributed by atoms with Crippen LogP contribution >= 0.6 is 0 Å². The van der Waals surface area contributed by atoms with Crippen LogP contribution in [0.1, 0.15) is 55.8 Å². The van der Waals surface area contributed by atoms with Crippen LogP contribution in [-0.2, 0) is 17.8 Å². The Bertz CT molecular complexity index is 1720. The Labute approximate surface area is 269 Å². The van der Waals surface area contributed by atoms with E-state index >= 15 is 4.39 Å². The molecule has 0 spiro atoms. The number of nitriles is 1. The van der Waals surface area contributed by atoms with E-state index in [1.54, 1.807) is 23.1 Å². The van der Waals surface area contributed by atoms with Crippen LogP contribution in [0.15, 0.2) is 30.6 Å². The molecule has 6 rings (SSSR count). The standard InChI is InChI=1S/C33H34F4N8O2/c1-18(2)7-26-22(11-38)31(19-3-4-27-28(8-19)47-17-30(46)45(27)16-29-40-13-20(34)14-41-29)23(12-39)32(43-26)42-25-5-6-44(15-24(25)35)21-9-33(36,37)10-21/h3-4,8,12-14,18,21,24-25,39H,5-7,9-10,15-17H2,1-2H3,(H,42,43)/t24-,25-/m1/s1. The molecule has 1 amide bonds. The van der Waals surface area contributed by atoms with E-state index in [2.05, 4.69) is 21.4 Å². The molecular weight excluding hydrogens is 616 g/mol. The number of carbonyl (C=O) groups is 1. The van der Waals surface area contributed by atoms with E-state index in [-0.39, 0.29) is 73.2 Å². The molecule has 0 unspecified atom stereocenters. The predicted octanol–water partition coefficient (Wildman–Crippen LogP) is 5.29. The fraction of sp³-hybridized carbons (Fsp3) is 0.455. The first-order chi connectivity index (χ1) is 22.5. The minimum Gasteiger partial charge on any atom is -0.482 e. The van der Waals surface area contributed by atoms with Gasteiger partial charge in [-0.15, -0.1) is 0 Å². The number of fused-ring (bicyclic) bond motifs is 1. The van der Waals surface area contributed by atoms with Gasteiger partial charge in [0.1, 0.15) is 29.6 Å². The monoisotopic (exact) mass is 650 g/mol. The Morgan fingerprint density at radius 2 is 2.00 bits per heavy atom. The zero-order valence-electron chi connectivity index (χ0n) is 25.9. The van der Waals surface area contributed by atoms with Crippen molar-refractivity contribution in [2.75, 3.05) is 29.9 Å². The number of likely N-dealkylation sites (tertiary alicyclic amines) is 1. The third-order valence-electron chi connectivity index (χ3n) is 8.81. The fourth-order valence-electron chi connectivity index (χ4n) is 6.44. The summed E-state index contributed by atoms with van der Waals surface area (Å²) in [6.07, 6.45) is 2.03. The van der Waals surface area contributed by atoms with Crippen molar-refractivity contribution in [2.45, 2.75) is 70.3 Å². The summed E-state index contributed by atoms with van der Waals surface area (Å²) in [5.41, 5.74) is 2.41. The molecule has 2 aromatic heterocycles. The average molecular weight is 651 g/mol. The number of hydrogen-bond donors (Lipinski definition) is 2. The quantitative estimate of drug-likeness (QED) is 0.236. The molecule has 10 nitrogen and oxygen atoms in total. The van der Waals surface area contributed by atoms with Gasteiger partial charge in [0.15, 0.2) is 12.4 Å². The first-order valence-corrected chi connectivity index (χ1v) is 15.5. The molecule has 1 aromatic carbocycles. The summed E-state index contributed by atoms with van der Waals surface area (Å²) in [5, 5.41) is 21.9. The molecular formula is C33H34F4N8O2. The molecule has 1 saturated carbocycles. The van der Waals surface area contributed by atoms with Crippen LogP contribution in [0, 0.1) is 28.5 Å². The Morgan fingerprint density at radius 3 is 2.64 bits per heavy atom. The summed E-state index contributed by atoms with van der Waals surface area (Å²) < 4.78 is 61.6. The second-order valence-corrected chi connectivity index (χ2v) is 12.7. The summed E-state index contributed by atoms with van der Waals surface area (Å²) >= 11 is 0. The minimum atomic E-state index is -2.69. The van der Waals surface area contributed by atoms with Crippen LogP contribution < -0.4 is 15.0 Å². The van der Waals surface area contributed by atoms with Gasteiger partial charge in [0.2, 0.25) is 0 Å².